The van der Waals surface area contributed by atoms with Gasteiger partial charge in [0, 0.05) is 49.2 Å². The van der Waals surface area contributed by atoms with Crippen LogP contribution in [-0.2, 0) is 0 Å². The summed E-state index contributed by atoms with van der Waals surface area (Å²) in [6, 6.07) is 2.17. The van der Waals surface area contributed by atoms with Crippen molar-refractivity contribution >= 4 is 48.0 Å². The highest BCUT2D eigenvalue weighted by Gasteiger charge is 2.33. The van der Waals surface area contributed by atoms with Crippen LogP contribution in [-0.4, -0.2) is 42.4 Å². The Morgan fingerprint density at radius 2 is 1.75 bits per heavy atom. The molecule has 1 saturated heterocycles. The summed E-state index contributed by atoms with van der Waals surface area (Å²) in [5, 5.41) is 13.7. The molecule has 0 spiro atoms. The summed E-state index contributed by atoms with van der Waals surface area (Å²) < 4.78 is 37.8. The molecule has 10 heteroatoms. The fourth-order valence-electron chi connectivity index (χ4n) is 2.70. The first-order valence-corrected chi connectivity index (χ1v) is 7.73. The minimum atomic E-state index is -4.25. The molecule has 0 aliphatic carbocycles. The third-order valence-corrected chi connectivity index (χ3v) is 4.23. The molecule has 2 rings (SSSR count). The molecule has 1 heterocycles. The first-order chi connectivity index (χ1) is 10.3. The van der Waals surface area contributed by atoms with Crippen molar-refractivity contribution in [1.29, 1.82) is 0 Å². The Bertz CT molecular complexity index is 502. The van der Waals surface area contributed by atoms with Gasteiger partial charge in [0.05, 0.1) is 5.02 Å². The first-order valence-electron chi connectivity index (χ1n) is 6.97. The van der Waals surface area contributed by atoms with Crippen molar-refractivity contribution in [3.05, 3.63) is 27.7 Å². The van der Waals surface area contributed by atoms with E-state index in [1.807, 2.05) is 4.90 Å². The average Bonchev–Trinajstić information content (AvgIpc) is 2.41. The van der Waals surface area contributed by atoms with Crippen LogP contribution in [0.4, 0.5) is 13.2 Å². The number of hydrogen-bond donors (Lipinski definition) is 2. The maximum atomic E-state index is 12.6. The number of phenolic OH excluding ortho intramolecular Hbond substituents is 1. The van der Waals surface area contributed by atoms with E-state index in [2.05, 4.69) is 5.32 Å². The van der Waals surface area contributed by atoms with Gasteiger partial charge in [-0.25, -0.2) is 0 Å². The van der Waals surface area contributed by atoms with Gasteiger partial charge >= 0.3 is 6.18 Å². The second kappa shape index (κ2) is 10.1. The lowest BCUT2D eigenvalue weighted by atomic mass is 9.98. The van der Waals surface area contributed by atoms with E-state index in [0.717, 1.165) is 0 Å². The Labute approximate surface area is 161 Å². The van der Waals surface area contributed by atoms with Crippen LogP contribution in [0.25, 0.3) is 0 Å². The standard InChI is InChI=1S/C14H17Cl2F3N2O.2ClH/c15-9-7-10(16)13(12(22)8-9)11(1-2-14(17,18)19)21-5-3-20-4-6-21;;/h7-8,11,20,22H,1-6H2;2*1H/t11-;;/m0../s1. The van der Waals surface area contributed by atoms with Crippen LogP contribution in [0, 0.1) is 0 Å². The Hall–Kier alpha value is -0.110. The topological polar surface area (TPSA) is 35.5 Å². The van der Waals surface area contributed by atoms with Crippen molar-refractivity contribution in [3.63, 3.8) is 0 Å². The van der Waals surface area contributed by atoms with Gasteiger partial charge in [-0.3, -0.25) is 4.90 Å². The van der Waals surface area contributed by atoms with Gasteiger partial charge in [0.15, 0.2) is 0 Å². The molecule has 1 aliphatic rings. The number of phenols is 1. The van der Waals surface area contributed by atoms with E-state index in [4.69, 9.17) is 23.2 Å². The van der Waals surface area contributed by atoms with E-state index in [1.165, 1.54) is 12.1 Å². The quantitative estimate of drug-likeness (QED) is 0.719. The zero-order valence-corrected chi connectivity index (χ0v) is 15.7. The summed E-state index contributed by atoms with van der Waals surface area (Å²) in [7, 11) is 0. The summed E-state index contributed by atoms with van der Waals surface area (Å²) >= 11 is 11.9. The number of rotatable bonds is 4. The lowest BCUT2D eigenvalue weighted by molar-refractivity contribution is -0.138. The maximum absolute atomic E-state index is 12.6. The van der Waals surface area contributed by atoms with E-state index >= 15 is 0 Å². The van der Waals surface area contributed by atoms with Crippen molar-refractivity contribution in [2.24, 2.45) is 0 Å². The molecule has 1 aliphatic heterocycles. The van der Waals surface area contributed by atoms with Gasteiger partial charge in [0.1, 0.15) is 5.75 Å². The molecule has 0 unspecified atom stereocenters. The van der Waals surface area contributed by atoms with Crippen LogP contribution in [0.15, 0.2) is 12.1 Å². The molecule has 24 heavy (non-hydrogen) atoms. The average molecular weight is 430 g/mol. The van der Waals surface area contributed by atoms with Crippen molar-refractivity contribution in [3.8, 4) is 5.75 Å². The molecule has 2 N–H and O–H groups in total. The zero-order valence-electron chi connectivity index (χ0n) is 12.6. The molecule has 1 atom stereocenters. The Balaban J connectivity index is 0.00000264. The highest BCUT2D eigenvalue weighted by molar-refractivity contribution is 6.35. The number of benzene rings is 1. The fraction of sp³-hybridized carbons (Fsp3) is 0.571. The van der Waals surface area contributed by atoms with Gasteiger partial charge in [0.2, 0.25) is 0 Å². The Kier molecular flexibility index (Phi) is 10.1. The third kappa shape index (κ3) is 6.65. The zero-order chi connectivity index (χ0) is 16.3. The minimum absolute atomic E-state index is 0. The summed E-state index contributed by atoms with van der Waals surface area (Å²) in [6.07, 6.45) is -5.33. The maximum Gasteiger partial charge on any atom is 0.389 e. The summed E-state index contributed by atoms with van der Waals surface area (Å²) in [5.74, 6) is -0.164. The molecule has 1 aromatic carbocycles. The summed E-state index contributed by atoms with van der Waals surface area (Å²) in [5.41, 5.74) is 0.317. The van der Waals surface area contributed by atoms with Crippen LogP contribution >= 0.6 is 48.0 Å². The second-order valence-electron chi connectivity index (χ2n) is 5.28. The smallest absolute Gasteiger partial charge is 0.389 e. The van der Waals surface area contributed by atoms with Crippen LogP contribution in [0.3, 0.4) is 0 Å². The van der Waals surface area contributed by atoms with Gasteiger partial charge in [-0.1, -0.05) is 23.2 Å². The van der Waals surface area contributed by atoms with E-state index < -0.39 is 18.6 Å². The lowest BCUT2D eigenvalue weighted by Gasteiger charge is -2.36. The number of halogens is 7. The number of hydrogen-bond acceptors (Lipinski definition) is 3. The van der Waals surface area contributed by atoms with Crippen LogP contribution < -0.4 is 5.32 Å². The third-order valence-electron chi connectivity index (χ3n) is 3.70. The van der Waals surface area contributed by atoms with Crippen molar-refractivity contribution in [2.45, 2.75) is 25.1 Å². The normalized spacial score (nSPS) is 16.9. The highest BCUT2D eigenvalue weighted by atomic mass is 35.5. The number of nitrogens with one attached hydrogen (secondary N) is 1. The monoisotopic (exact) mass is 428 g/mol. The SMILES string of the molecule is Cl.Cl.Oc1cc(Cl)cc(Cl)c1[C@H](CCC(F)(F)F)N1CCNCC1. The molecule has 0 aromatic heterocycles. The van der Waals surface area contributed by atoms with Gasteiger partial charge in [0.25, 0.3) is 0 Å². The van der Waals surface area contributed by atoms with Crippen LogP contribution in [0.2, 0.25) is 10.0 Å². The predicted molar refractivity (Wildman–Crippen MR) is 95.1 cm³/mol. The van der Waals surface area contributed by atoms with Crippen LogP contribution in [0.1, 0.15) is 24.4 Å². The Morgan fingerprint density at radius 1 is 1.17 bits per heavy atom. The van der Waals surface area contributed by atoms with E-state index in [1.54, 1.807) is 0 Å². The highest BCUT2D eigenvalue weighted by Crippen LogP contribution is 2.41. The van der Waals surface area contributed by atoms with Gasteiger partial charge in [-0.05, 0) is 18.6 Å². The molecule has 0 amide bonds. The molecule has 3 nitrogen and oxygen atoms in total. The Morgan fingerprint density at radius 3 is 2.25 bits per heavy atom. The van der Waals surface area contributed by atoms with Gasteiger partial charge < -0.3 is 10.4 Å². The van der Waals surface area contributed by atoms with Gasteiger partial charge in [-0.2, -0.15) is 13.2 Å². The van der Waals surface area contributed by atoms with E-state index in [9.17, 15) is 18.3 Å². The van der Waals surface area contributed by atoms with Crippen LogP contribution in [0.5, 0.6) is 5.75 Å². The molecule has 0 bridgehead atoms. The number of piperazine rings is 1. The van der Waals surface area contributed by atoms with Crippen molar-refractivity contribution < 1.29 is 18.3 Å². The fourth-order valence-corrected chi connectivity index (χ4v) is 3.31. The van der Waals surface area contributed by atoms with E-state index in [0.29, 0.717) is 31.7 Å². The van der Waals surface area contributed by atoms with E-state index in [-0.39, 0.29) is 47.0 Å². The number of nitrogens with zero attached hydrogens (tertiary/aromatic N) is 1. The minimum Gasteiger partial charge on any atom is -0.508 e. The molecule has 0 saturated carbocycles. The summed E-state index contributed by atoms with van der Waals surface area (Å²) in [6.45, 7) is 2.57. The molecule has 0 radical (unpaired) electrons. The van der Waals surface area contributed by atoms with Crippen molar-refractivity contribution in [1.82, 2.24) is 10.2 Å². The molecule has 1 aromatic rings. The number of alkyl halides is 3. The summed E-state index contributed by atoms with van der Waals surface area (Å²) in [4.78, 5) is 1.91. The predicted octanol–water partition coefficient (Wildman–Crippen LogP) is 4.83. The molecule has 1 fully saturated rings. The van der Waals surface area contributed by atoms with Gasteiger partial charge in [-0.15, -0.1) is 24.8 Å². The molecular weight excluding hydrogens is 411 g/mol. The largest absolute Gasteiger partial charge is 0.508 e. The first kappa shape index (κ1) is 23.9. The second-order valence-corrected chi connectivity index (χ2v) is 6.12. The number of aromatic hydroxyl groups is 1. The lowest BCUT2D eigenvalue weighted by Crippen LogP contribution is -2.45. The molecular formula is C14H19Cl4F3N2O. The van der Waals surface area contributed by atoms with Crippen molar-refractivity contribution in [2.75, 3.05) is 26.2 Å². The molecule has 140 valence electrons.